The summed E-state index contributed by atoms with van der Waals surface area (Å²) in [6.07, 6.45) is 1.57. The number of hydrogen-bond acceptors (Lipinski definition) is 3. The van der Waals surface area contributed by atoms with Gasteiger partial charge in [0.05, 0.1) is 23.4 Å². The number of carbonyl (C=O) groups is 1. The molecular weight excluding hydrogens is 411 g/mol. The van der Waals surface area contributed by atoms with Crippen LogP contribution in [0.1, 0.15) is 16.1 Å². The Labute approximate surface area is 140 Å². The first-order valence-electron chi connectivity index (χ1n) is 5.63. The fourth-order valence-electron chi connectivity index (χ4n) is 1.47. The Morgan fingerprint density at radius 3 is 2.90 bits per heavy atom. The van der Waals surface area contributed by atoms with Gasteiger partial charge in [-0.25, -0.2) is 0 Å². The minimum atomic E-state index is -0.342. The molecule has 7 heteroatoms. The van der Waals surface area contributed by atoms with Gasteiger partial charge in [0.25, 0.3) is 5.91 Å². The van der Waals surface area contributed by atoms with E-state index in [2.05, 4.69) is 33.2 Å². The van der Waals surface area contributed by atoms with E-state index in [4.69, 9.17) is 28.2 Å². The van der Waals surface area contributed by atoms with Crippen LogP contribution in [0.4, 0.5) is 0 Å². The Kier molecular flexibility index (Phi) is 5.38. The predicted octanol–water partition coefficient (Wildman–Crippen LogP) is 3.34. The van der Waals surface area contributed by atoms with Gasteiger partial charge in [-0.1, -0.05) is 11.6 Å². The van der Waals surface area contributed by atoms with Gasteiger partial charge in [-0.15, -0.1) is 0 Å². The van der Waals surface area contributed by atoms with E-state index >= 15 is 0 Å². The van der Waals surface area contributed by atoms with E-state index in [9.17, 15) is 4.79 Å². The van der Waals surface area contributed by atoms with Gasteiger partial charge in [0.2, 0.25) is 0 Å². The van der Waals surface area contributed by atoms with Crippen molar-refractivity contribution in [1.29, 1.82) is 0 Å². The molecule has 0 atom stereocenters. The molecule has 4 nitrogen and oxygen atoms in total. The van der Waals surface area contributed by atoms with E-state index in [0.717, 1.165) is 9.33 Å². The lowest BCUT2D eigenvalue weighted by Crippen LogP contribution is -2.38. The summed E-state index contributed by atoms with van der Waals surface area (Å²) in [7, 11) is 0. The minimum absolute atomic E-state index is 0.223. The van der Waals surface area contributed by atoms with Crippen LogP contribution in [0.15, 0.2) is 41.0 Å². The predicted molar refractivity (Wildman–Crippen MR) is 89.8 cm³/mol. The summed E-state index contributed by atoms with van der Waals surface area (Å²) < 4.78 is 6.07. The fraction of sp³-hybridized carbons (Fsp3) is 0.0769. The first-order valence-corrected chi connectivity index (χ1v) is 7.49. The second-order valence-corrected chi connectivity index (χ2v) is 5.90. The van der Waals surface area contributed by atoms with Crippen LogP contribution in [0.25, 0.3) is 0 Å². The number of halogens is 2. The lowest BCUT2D eigenvalue weighted by Gasteiger charge is -2.09. The molecule has 0 bridgehead atoms. The summed E-state index contributed by atoms with van der Waals surface area (Å²) in [4.78, 5) is 12.0. The zero-order chi connectivity index (χ0) is 14.5. The van der Waals surface area contributed by atoms with Crippen LogP contribution in [-0.2, 0) is 6.54 Å². The minimum Gasteiger partial charge on any atom is -0.467 e. The zero-order valence-electron chi connectivity index (χ0n) is 10.2. The van der Waals surface area contributed by atoms with E-state index in [-0.39, 0.29) is 11.0 Å². The number of carbonyl (C=O) groups excluding carboxylic acids is 1. The lowest BCUT2D eigenvalue weighted by molar-refractivity contribution is 0.0976. The third kappa shape index (κ3) is 4.19. The molecule has 0 aliphatic carbocycles. The molecule has 0 unspecified atom stereocenters. The molecule has 20 heavy (non-hydrogen) atoms. The highest BCUT2D eigenvalue weighted by atomic mass is 127. The van der Waals surface area contributed by atoms with Crippen LogP contribution in [0, 0.1) is 3.57 Å². The van der Waals surface area contributed by atoms with Gasteiger partial charge in [0.1, 0.15) is 5.76 Å². The van der Waals surface area contributed by atoms with Crippen LogP contribution in [0.5, 0.6) is 0 Å². The molecule has 0 radical (unpaired) electrons. The summed E-state index contributed by atoms with van der Waals surface area (Å²) in [6.45, 7) is 0.409. The number of nitrogens with one attached hydrogen (secondary N) is 2. The Hall–Kier alpha value is -1.12. The molecular formula is C13H10ClIN2O2S. The number of rotatable bonds is 3. The van der Waals surface area contributed by atoms with Gasteiger partial charge in [0, 0.05) is 3.57 Å². The second kappa shape index (κ2) is 7.05. The molecule has 2 N–H and O–H groups in total. The van der Waals surface area contributed by atoms with E-state index < -0.39 is 0 Å². The molecule has 2 rings (SSSR count). The largest absolute Gasteiger partial charge is 0.467 e. The summed E-state index contributed by atoms with van der Waals surface area (Å²) in [6, 6.07) is 8.80. The highest BCUT2D eigenvalue weighted by Gasteiger charge is 2.12. The Morgan fingerprint density at radius 1 is 1.40 bits per heavy atom. The van der Waals surface area contributed by atoms with Gasteiger partial charge in [-0.3, -0.25) is 10.1 Å². The molecule has 1 heterocycles. The molecule has 0 saturated carbocycles. The van der Waals surface area contributed by atoms with E-state index in [1.807, 2.05) is 12.1 Å². The van der Waals surface area contributed by atoms with Gasteiger partial charge in [-0.2, -0.15) is 0 Å². The summed E-state index contributed by atoms with van der Waals surface area (Å²) in [5.74, 6) is 0.388. The highest BCUT2D eigenvalue weighted by Crippen LogP contribution is 2.18. The fourth-order valence-corrected chi connectivity index (χ4v) is 2.33. The van der Waals surface area contributed by atoms with Crippen molar-refractivity contribution in [2.75, 3.05) is 0 Å². The quantitative estimate of drug-likeness (QED) is 0.591. The maximum absolute atomic E-state index is 12.0. The summed E-state index contributed by atoms with van der Waals surface area (Å²) >= 11 is 13.2. The molecule has 1 amide bonds. The topological polar surface area (TPSA) is 54.3 Å². The molecule has 1 aromatic carbocycles. The van der Waals surface area contributed by atoms with Crippen molar-refractivity contribution in [2.24, 2.45) is 0 Å². The normalized spacial score (nSPS) is 10.1. The lowest BCUT2D eigenvalue weighted by atomic mass is 10.2. The third-order valence-corrected chi connectivity index (χ3v) is 3.65. The van der Waals surface area contributed by atoms with Crippen LogP contribution in [0.2, 0.25) is 5.02 Å². The zero-order valence-corrected chi connectivity index (χ0v) is 13.9. The van der Waals surface area contributed by atoms with Crippen molar-refractivity contribution >= 4 is 57.4 Å². The Morgan fingerprint density at radius 2 is 2.20 bits per heavy atom. The Bertz CT molecular complexity index is 631. The van der Waals surface area contributed by atoms with Crippen LogP contribution >= 0.6 is 46.4 Å². The first-order chi connectivity index (χ1) is 9.56. The average Bonchev–Trinajstić information content (AvgIpc) is 2.92. The highest BCUT2D eigenvalue weighted by molar-refractivity contribution is 14.1. The van der Waals surface area contributed by atoms with Crippen LogP contribution in [-0.4, -0.2) is 11.0 Å². The van der Waals surface area contributed by atoms with Gasteiger partial charge in [-0.05, 0) is 65.1 Å². The van der Waals surface area contributed by atoms with E-state index in [1.165, 1.54) is 0 Å². The van der Waals surface area contributed by atoms with Gasteiger partial charge >= 0.3 is 0 Å². The standard InChI is InChI=1S/C13H10ClIN2O2S/c14-11-4-3-8(15)6-10(11)12(18)17-13(20)16-7-9-2-1-5-19-9/h1-6H,7H2,(H2,16,17,18,20). The van der Waals surface area contributed by atoms with Gasteiger partial charge < -0.3 is 9.73 Å². The molecule has 1 aromatic heterocycles. The monoisotopic (exact) mass is 420 g/mol. The summed E-state index contributed by atoms with van der Waals surface area (Å²) in [5, 5.41) is 6.07. The average molecular weight is 421 g/mol. The number of benzene rings is 1. The van der Waals surface area contributed by atoms with Crippen molar-refractivity contribution in [3.63, 3.8) is 0 Å². The van der Waals surface area contributed by atoms with Crippen molar-refractivity contribution < 1.29 is 9.21 Å². The van der Waals surface area contributed by atoms with Gasteiger partial charge in [0.15, 0.2) is 5.11 Å². The molecule has 2 aromatic rings. The molecule has 0 fully saturated rings. The summed E-state index contributed by atoms with van der Waals surface area (Å²) in [5.41, 5.74) is 0.390. The van der Waals surface area contributed by atoms with Crippen molar-refractivity contribution in [1.82, 2.24) is 10.6 Å². The molecule has 0 spiro atoms. The van der Waals surface area contributed by atoms with Crippen LogP contribution in [0.3, 0.4) is 0 Å². The van der Waals surface area contributed by atoms with Crippen molar-refractivity contribution in [2.45, 2.75) is 6.54 Å². The number of thiocarbonyl (C=S) groups is 1. The SMILES string of the molecule is O=C(NC(=S)NCc1ccco1)c1cc(I)ccc1Cl. The van der Waals surface area contributed by atoms with Crippen molar-refractivity contribution in [3.05, 3.63) is 56.5 Å². The second-order valence-electron chi connectivity index (χ2n) is 3.84. The van der Waals surface area contributed by atoms with E-state index in [0.29, 0.717) is 17.1 Å². The van der Waals surface area contributed by atoms with Crippen molar-refractivity contribution in [3.8, 4) is 0 Å². The smallest absolute Gasteiger partial charge is 0.258 e. The van der Waals surface area contributed by atoms with Crippen LogP contribution < -0.4 is 10.6 Å². The molecule has 0 aliphatic heterocycles. The molecule has 0 aliphatic rings. The number of furan rings is 1. The maximum Gasteiger partial charge on any atom is 0.258 e. The maximum atomic E-state index is 12.0. The van der Waals surface area contributed by atoms with E-state index in [1.54, 1.807) is 24.5 Å². The number of hydrogen-bond donors (Lipinski definition) is 2. The Balaban J connectivity index is 1.93. The molecule has 0 saturated heterocycles. The molecule has 104 valence electrons. The third-order valence-electron chi connectivity index (χ3n) is 2.40. The first kappa shape index (κ1) is 15.3. The number of amides is 1.